The van der Waals surface area contributed by atoms with Crippen LogP contribution in [-0.2, 0) is 6.54 Å². The third-order valence-electron chi connectivity index (χ3n) is 9.23. The molecule has 0 radical (unpaired) electrons. The molecule has 1 heterocycles. The van der Waals surface area contributed by atoms with E-state index < -0.39 is 5.66 Å². The molecule has 2 amide bonds. The summed E-state index contributed by atoms with van der Waals surface area (Å²) in [5.74, 6) is 1.04. The highest BCUT2D eigenvalue weighted by Crippen LogP contribution is 2.48. The van der Waals surface area contributed by atoms with Gasteiger partial charge in [-0.2, -0.15) is 0 Å². The second-order valence-corrected chi connectivity index (χ2v) is 11.9. The average Bonchev–Trinajstić information content (AvgIpc) is 3.13. The number of carbonyl (C=O) groups is 2. The number of ether oxygens (including phenoxy) is 1. The largest absolute Gasteiger partial charge is 0.457 e. The molecule has 47 heavy (non-hydrogen) atoms. The first-order valence-corrected chi connectivity index (χ1v) is 16.2. The van der Waals surface area contributed by atoms with E-state index in [0.29, 0.717) is 54.4 Å². The maximum atomic E-state index is 14.6. The number of allylic oxidation sites excluding steroid dienone is 1. The molecule has 1 aliphatic carbocycles. The van der Waals surface area contributed by atoms with Gasteiger partial charge in [-0.3, -0.25) is 19.4 Å². The summed E-state index contributed by atoms with van der Waals surface area (Å²) in [4.78, 5) is 35.1. The molecule has 234 valence electrons. The number of hydrogen-bond donors (Lipinski definition) is 0. The highest BCUT2D eigenvalue weighted by Gasteiger charge is 2.48. The number of rotatable bonds is 8. The zero-order valence-electron chi connectivity index (χ0n) is 26.7. The van der Waals surface area contributed by atoms with Gasteiger partial charge in [-0.25, -0.2) is 0 Å². The van der Waals surface area contributed by atoms with Crippen LogP contribution in [0.5, 0.6) is 5.75 Å². The molecule has 5 aromatic carbocycles. The molecule has 2 aliphatic rings. The first-order chi connectivity index (χ1) is 23.0. The number of carbonyl (C=O) groups excluding carboxylic acids is 2. The Morgan fingerprint density at radius 3 is 2.04 bits per heavy atom. The van der Waals surface area contributed by atoms with Gasteiger partial charge in [-0.1, -0.05) is 111 Å². The van der Waals surface area contributed by atoms with Crippen molar-refractivity contribution in [1.29, 1.82) is 0 Å². The summed E-state index contributed by atoms with van der Waals surface area (Å²) in [5.41, 5.74) is 2.75. The molecule has 1 aliphatic heterocycles. The summed E-state index contributed by atoms with van der Waals surface area (Å²) in [6.07, 6.45) is 4.45. The van der Waals surface area contributed by atoms with E-state index in [2.05, 4.69) is 37.0 Å². The van der Waals surface area contributed by atoms with Crippen LogP contribution in [0.2, 0.25) is 0 Å². The molecular formula is C41H37N3O3. The Bertz CT molecular complexity index is 1980. The lowest BCUT2D eigenvalue weighted by atomic mass is 9.90. The van der Waals surface area contributed by atoms with Gasteiger partial charge in [0.25, 0.3) is 11.8 Å². The van der Waals surface area contributed by atoms with Gasteiger partial charge in [0.1, 0.15) is 11.4 Å². The molecule has 5 aromatic rings. The van der Waals surface area contributed by atoms with Gasteiger partial charge in [0.15, 0.2) is 5.75 Å². The van der Waals surface area contributed by atoms with Crippen molar-refractivity contribution in [3.05, 3.63) is 168 Å². The molecule has 0 saturated carbocycles. The van der Waals surface area contributed by atoms with E-state index in [1.165, 1.54) is 0 Å². The number of amides is 2. The van der Waals surface area contributed by atoms with Crippen molar-refractivity contribution in [2.24, 2.45) is 0 Å². The lowest BCUT2D eigenvalue weighted by molar-refractivity contribution is -0.0176. The van der Waals surface area contributed by atoms with Crippen molar-refractivity contribution in [2.45, 2.75) is 32.5 Å². The Hall–Kier alpha value is -5.46. The van der Waals surface area contributed by atoms with E-state index in [-0.39, 0.29) is 11.8 Å². The van der Waals surface area contributed by atoms with E-state index in [1.54, 1.807) is 4.90 Å². The highest BCUT2D eigenvalue weighted by molar-refractivity contribution is 6.15. The second-order valence-electron chi connectivity index (χ2n) is 11.9. The van der Waals surface area contributed by atoms with E-state index in [1.807, 2.05) is 126 Å². The molecule has 0 spiro atoms. The molecule has 1 atom stereocenters. The van der Waals surface area contributed by atoms with Crippen LogP contribution < -0.4 is 9.64 Å². The van der Waals surface area contributed by atoms with Gasteiger partial charge >= 0.3 is 0 Å². The molecular weight excluding hydrogens is 582 g/mol. The zero-order chi connectivity index (χ0) is 32.4. The summed E-state index contributed by atoms with van der Waals surface area (Å²) < 4.78 is 6.81. The fourth-order valence-corrected chi connectivity index (χ4v) is 6.93. The van der Waals surface area contributed by atoms with Crippen LogP contribution in [0.15, 0.2) is 151 Å². The number of hydrogen-bond acceptors (Lipinski definition) is 4. The normalized spacial score (nSPS) is 16.9. The lowest BCUT2D eigenvalue weighted by Gasteiger charge is -2.51. The third-order valence-corrected chi connectivity index (χ3v) is 9.23. The molecule has 6 nitrogen and oxygen atoms in total. The van der Waals surface area contributed by atoms with E-state index in [9.17, 15) is 9.59 Å². The number of likely N-dealkylation sites (N-methyl/N-ethyl adjacent to an activating group) is 1. The third kappa shape index (κ3) is 5.41. The first-order valence-electron chi connectivity index (χ1n) is 16.2. The number of anilines is 1. The summed E-state index contributed by atoms with van der Waals surface area (Å²) >= 11 is 0. The first kappa shape index (κ1) is 30.2. The predicted molar refractivity (Wildman–Crippen MR) is 187 cm³/mol. The minimum Gasteiger partial charge on any atom is -0.457 e. The number of benzene rings is 5. The number of fused-ring (bicyclic) bond motifs is 3. The van der Waals surface area contributed by atoms with Crippen molar-refractivity contribution >= 4 is 28.3 Å². The standard InChI is InChI=1S/C41H37N3O3/c1-3-42(4-2)41(43(29-30-16-8-5-9-17-30)39(45)32-19-10-6-11-20-32)27-26-35-37(28-41)47-36-25-24-31-18-14-15-23-34(31)38(36)44(35)40(46)33-21-12-7-13-22-33/h5-27H,3-4,28-29H2,1-2H3. The van der Waals surface area contributed by atoms with Gasteiger partial charge in [-0.15, -0.1) is 0 Å². The molecule has 0 fully saturated rings. The summed E-state index contributed by atoms with van der Waals surface area (Å²) in [6.45, 7) is 6.03. The lowest BCUT2D eigenvalue weighted by Crippen LogP contribution is -2.62. The SMILES string of the molecule is CCN(CC)C1(N(Cc2ccccc2)C(=O)c2ccccc2)C=CC2=C(C1)Oc1ccc3ccccc3c1N2C(=O)c1ccccc1. The van der Waals surface area contributed by atoms with Crippen LogP contribution in [0.3, 0.4) is 0 Å². The van der Waals surface area contributed by atoms with E-state index in [0.717, 1.165) is 22.0 Å². The Morgan fingerprint density at radius 1 is 0.745 bits per heavy atom. The van der Waals surface area contributed by atoms with Gasteiger partial charge in [0.05, 0.1) is 11.4 Å². The van der Waals surface area contributed by atoms with Gasteiger partial charge < -0.3 is 9.64 Å². The Labute approximate surface area is 275 Å². The Balaban J connectivity index is 1.40. The molecule has 0 N–H and O–H groups in total. The van der Waals surface area contributed by atoms with Crippen molar-refractivity contribution in [3.8, 4) is 5.75 Å². The molecule has 7 rings (SSSR count). The van der Waals surface area contributed by atoms with Crippen molar-refractivity contribution in [1.82, 2.24) is 9.80 Å². The van der Waals surface area contributed by atoms with Gasteiger partial charge in [-0.05, 0) is 66.5 Å². The zero-order valence-corrected chi connectivity index (χ0v) is 26.7. The van der Waals surface area contributed by atoms with Crippen LogP contribution in [-0.4, -0.2) is 40.4 Å². The topological polar surface area (TPSA) is 53.1 Å². The van der Waals surface area contributed by atoms with Gasteiger partial charge in [0, 0.05) is 29.5 Å². The minimum atomic E-state index is -0.874. The molecule has 6 heteroatoms. The van der Waals surface area contributed by atoms with Crippen LogP contribution in [0.1, 0.15) is 46.5 Å². The van der Waals surface area contributed by atoms with Crippen molar-refractivity contribution in [3.63, 3.8) is 0 Å². The van der Waals surface area contributed by atoms with E-state index >= 15 is 0 Å². The monoisotopic (exact) mass is 619 g/mol. The molecule has 0 saturated heterocycles. The maximum absolute atomic E-state index is 14.6. The molecule has 1 unspecified atom stereocenters. The molecule has 0 aromatic heterocycles. The number of nitrogens with zero attached hydrogens (tertiary/aromatic N) is 3. The Morgan fingerprint density at radius 2 is 1.36 bits per heavy atom. The fraction of sp³-hybridized carbons (Fsp3) is 0.171. The summed E-state index contributed by atoms with van der Waals surface area (Å²) in [6, 6.07) is 40.9. The van der Waals surface area contributed by atoms with Crippen LogP contribution in [0, 0.1) is 0 Å². The predicted octanol–water partition coefficient (Wildman–Crippen LogP) is 8.43. The van der Waals surface area contributed by atoms with Crippen LogP contribution in [0.25, 0.3) is 10.8 Å². The minimum absolute atomic E-state index is 0.0746. The van der Waals surface area contributed by atoms with E-state index in [4.69, 9.17) is 4.74 Å². The van der Waals surface area contributed by atoms with Crippen molar-refractivity contribution in [2.75, 3.05) is 18.0 Å². The average molecular weight is 620 g/mol. The quantitative estimate of drug-likeness (QED) is 0.164. The van der Waals surface area contributed by atoms with Crippen molar-refractivity contribution < 1.29 is 14.3 Å². The van der Waals surface area contributed by atoms with Crippen LogP contribution in [0.4, 0.5) is 5.69 Å². The fourth-order valence-electron chi connectivity index (χ4n) is 6.93. The summed E-state index contributed by atoms with van der Waals surface area (Å²) in [7, 11) is 0. The highest BCUT2D eigenvalue weighted by atomic mass is 16.5. The van der Waals surface area contributed by atoms with Gasteiger partial charge in [0.2, 0.25) is 0 Å². The second kappa shape index (κ2) is 12.7. The Kier molecular flexibility index (Phi) is 8.19. The summed E-state index contributed by atoms with van der Waals surface area (Å²) in [5, 5.41) is 1.95. The molecule has 0 bridgehead atoms. The van der Waals surface area contributed by atoms with Crippen LogP contribution >= 0.6 is 0 Å². The smallest absolute Gasteiger partial charge is 0.263 e. The maximum Gasteiger partial charge on any atom is 0.263 e.